The lowest BCUT2D eigenvalue weighted by atomic mass is 10.0. The molecule has 15 heteroatoms. The second-order valence-electron chi connectivity index (χ2n) is 12.6. The van der Waals surface area contributed by atoms with E-state index in [1.54, 1.807) is 18.2 Å². The van der Waals surface area contributed by atoms with E-state index in [9.17, 15) is 24.3 Å². The number of aromatic nitrogens is 3. The molecular weight excluding hydrogens is 634 g/mol. The van der Waals surface area contributed by atoms with Crippen LogP contribution in [0.4, 0.5) is 0 Å². The summed E-state index contributed by atoms with van der Waals surface area (Å²) >= 11 is 0. The molecule has 0 unspecified atom stereocenters. The third kappa shape index (κ3) is 11.9. The zero-order valence-electron chi connectivity index (χ0n) is 28.8. The fourth-order valence-electron chi connectivity index (χ4n) is 5.26. The molecule has 0 saturated heterocycles. The van der Waals surface area contributed by atoms with Crippen LogP contribution in [0.1, 0.15) is 103 Å². The quantitative estimate of drug-likeness (QED) is 0.214. The Morgan fingerprint density at radius 2 is 1.80 bits per heavy atom. The van der Waals surface area contributed by atoms with Crippen LogP contribution in [0, 0.1) is 19.8 Å². The van der Waals surface area contributed by atoms with Crippen molar-refractivity contribution in [3.8, 4) is 0 Å². The van der Waals surface area contributed by atoms with Gasteiger partial charge in [0.2, 0.25) is 17.7 Å². The number of hydrogen-bond acceptors (Lipinski definition) is 9. The molecule has 0 saturated carbocycles. The minimum atomic E-state index is -1.32. The van der Waals surface area contributed by atoms with Gasteiger partial charge in [-0.3, -0.25) is 28.7 Å². The summed E-state index contributed by atoms with van der Waals surface area (Å²) in [4.78, 5) is 66.3. The normalized spacial score (nSPS) is 19.5. The number of aliphatic hydroxyl groups is 1. The molecular formula is C34H47N7O8. The summed E-state index contributed by atoms with van der Waals surface area (Å²) in [6.07, 6.45) is 1.66. The topological polar surface area (TPSA) is 218 Å². The standard InChI is InChI=1S/C32H43N7O6.C2H4O2/c1-18(2)13-25-32-36-26(17-45-32)29(42)33-12-7-6-11-24(30(43)37-27(21(5)40)31(44)35-25)34-28(41)23-10-8-9-22(15-23)16-39-20(4)14-19(3)38-39;1-2(3)4/h8-10,14-15,17-18,21,24-25,27,40H,6-7,11-13,16H2,1-5H3,(H,33,42)(H,34,41)(H,35,44)(H,37,43);1H3,(H,3,4)/t21-,24+,25+,27+;/m1./s1. The van der Waals surface area contributed by atoms with Crippen molar-refractivity contribution in [1.29, 1.82) is 0 Å². The number of carboxylic acids is 1. The Morgan fingerprint density at radius 1 is 1.08 bits per heavy atom. The van der Waals surface area contributed by atoms with E-state index in [0.29, 0.717) is 37.9 Å². The van der Waals surface area contributed by atoms with Gasteiger partial charge < -0.3 is 35.9 Å². The number of hydrogen-bond donors (Lipinski definition) is 6. The van der Waals surface area contributed by atoms with Gasteiger partial charge in [0.05, 0.1) is 18.3 Å². The summed E-state index contributed by atoms with van der Waals surface area (Å²) in [6, 6.07) is 6.04. The number of oxazole rings is 1. The molecule has 49 heavy (non-hydrogen) atoms. The highest BCUT2D eigenvalue weighted by molar-refractivity contribution is 5.98. The first-order valence-electron chi connectivity index (χ1n) is 16.3. The molecule has 4 rings (SSSR count). The summed E-state index contributed by atoms with van der Waals surface area (Å²) in [6.45, 7) is 11.1. The number of aliphatic hydroxyl groups excluding tert-OH is 1. The van der Waals surface area contributed by atoms with Gasteiger partial charge in [-0.2, -0.15) is 5.10 Å². The van der Waals surface area contributed by atoms with Crippen molar-refractivity contribution in [3.63, 3.8) is 0 Å². The molecule has 0 aliphatic carbocycles. The van der Waals surface area contributed by atoms with Crippen LogP contribution in [-0.4, -0.2) is 79.3 Å². The maximum atomic E-state index is 13.6. The molecule has 3 heterocycles. The van der Waals surface area contributed by atoms with E-state index in [-0.39, 0.29) is 23.9 Å². The van der Waals surface area contributed by atoms with Crippen molar-refractivity contribution in [1.82, 2.24) is 36.0 Å². The predicted molar refractivity (Wildman–Crippen MR) is 178 cm³/mol. The van der Waals surface area contributed by atoms with E-state index in [0.717, 1.165) is 23.9 Å². The average Bonchev–Trinajstić information content (AvgIpc) is 3.63. The molecule has 0 spiro atoms. The molecule has 1 aromatic carbocycles. The number of nitrogens with one attached hydrogen (secondary N) is 4. The van der Waals surface area contributed by atoms with Gasteiger partial charge >= 0.3 is 0 Å². The van der Waals surface area contributed by atoms with E-state index in [1.165, 1.54) is 13.2 Å². The molecule has 6 N–H and O–H groups in total. The fourth-order valence-corrected chi connectivity index (χ4v) is 5.26. The fraction of sp³-hybridized carbons (Fsp3) is 0.500. The van der Waals surface area contributed by atoms with Crippen LogP contribution in [0.15, 0.2) is 41.0 Å². The van der Waals surface area contributed by atoms with Crippen molar-refractivity contribution >= 4 is 29.6 Å². The smallest absolute Gasteiger partial charge is 0.300 e. The van der Waals surface area contributed by atoms with Crippen LogP contribution >= 0.6 is 0 Å². The zero-order chi connectivity index (χ0) is 36.2. The number of carboxylic acid groups (broad SMARTS) is 1. The minimum Gasteiger partial charge on any atom is -0.481 e. The molecule has 0 radical (unpaired) electrons. The first-order valence-corrected chi connectivity index (χ1v) is 16.3. The maximum Gasteiger partial charge on any atom is 0.300 e. The Hall–Kier alpha value is -5.05. The molecule has 1 aliphatic heterocycles. The molecule has 15 nitrogen and oxygen atoms in total. The van der Waals surface area contributed by atoms with Gasteiger partial charge in [-0.25, -0.2) is 4.98 Å². The Balaban J connectivity index is 0.00000154. The predicted octanol–water partition coefficient (Wildman–Crippen LogP) is 2.41. The monoisotopic (exact) mass is 681 g/mol. The summed E-state index contributed by atoms with van der Waals surface area (Å²) < 4.78 is 7.41. The van der Waals surface area contributed by atoms with Crippen molar-refractivity contribution in [3.05, 3.63) is 70.7 Å². The van der Waals surface area contributed by atoms with E-state index >= 15 is 0 Å². The lowest BCUT2D eigenvalue weighted by Crippen LogP contribution is -2.57. The number of carbonyl (C=O) groups is 5. The summed E-state index contributed by atoms with van der Waals surface area (Å²) in [5, 5.41) is 33.5. The number of benzene rings is 1. The highest BCUT2D eigenvalue weighted by Crippen LogP contribution is 2.22. The molecule has 4 atom stereocenters. The third-order valence-electron chi connectivity index (χ3n) is 7.59. The lowest BCUT2D eigenvalue weighted by Gasteiger charge is -2.27. The number of aryl methyl sites for hydroxylation is 2. The van der Waals surface area contributed by atoms with Gasteiger partial charge in [-0.1, -0.05) is 26.0 Å². The van der Waals surface area contributed by atoms with Crippen LogP contribution in [-0.2, 0) is 20.9 Å². The van der Waals surface area contributed by atoms with Gasteiger partial charge in [0.25, 0.3) is 17.8 Å². The summed E-state index contributed by atoms with van der Waals surface area (Å²) in [7, 11) is 0. The molecule has 2 bridgehead atoms. The molecule has 2 aromatic heterocycles. The van der Waals surface area contributed by atoms with Crippen LogP contribution in [0.2, 0.25) is 0 Å². The number of rotatable bonds is 7. The van der Waals surface area contributed by atoms with Crippen molar-refractivity contribution < 1.29 is 38.6 Å². The molecule has 0 fully saturated rings. The number of amides is 4. The highest BCUT2D eigenvalue weighted by atomic mass is 16.4. The van der Waals surface area contributed by atoms with Crippen LogP contribution in [0.5, 0.6) is 0 Å². The first kappa shape index (κ1) is 38.4. The number of nitrogens with zero attached hydrogens (tertiary/aromatic N) is 3. The number of fused-ring (bicyclic) bond motifs is 2. The second-order valence-corrected chi connectivity index (χ2v) is 12.6. The first-order chi connectivity index (χ1) is 23.1. The molecule has 266 valence electrons. The summed E-state index contributed by atoms with van der Waals surface area (Å²) in [5.74, 6) is -2.70. The molecule has 4 amide bonds. The van der Waals surface area contributed by atoms with E-state index in [4.69, 9.17) is 14.3 Å². The zero-order valence-corrected chi connectivity index (χ0v) is 28.8. The van der Waals surface area contributed by atoms with E-state index < -0.39 is 53.8 Å². The lowest BCUT2D eigenvalue weighted by molar-refractivity contribution is -0.134. The Bertz CT molecular complexity index is 1610. The Labute approximate surface area is 285 Å². The van der Waals surface area contributed by atoms with Gasteiger partial charge in [0.15, 0.2) is 5.69 Å². The van der Waals surface area contributed by atoms with Crippen molar-refractivity contribution in [2.24, 2.45) is 5.92 Å². The average molecular weight is 682 g/mol. The third-order valence-corrected chi connectivity index (χ3v) is 7.59. The maximum absolute atomic E-state index is 13.6. The van der Waals surface area contributed by atoms with Crippen LogP contribution in [0.25, 0.3) is 0 Å². The minimum absolute atomic E-state index is 0.0886. The second kappa shape index (κ2) is 17.9. The SMILES string of the molecule is CC(=O)O.Cc1cc(C)n(Cc2cccc(C(=O)N[C@H]3CCCCNC(=O)c4coc(n4)[C@H](CC(C)C)NC(=O)[C@H]([C@@H](C)O)NC3=O)c2)n1. The summed E-state index contributed by atoms with van der Waals surface area (Å²) in [5.41, 5.74) is 3.22. The van der Waals surface area contributed by atoms with E-state index in [1.807, 2.05) is 44.5 Å². The van der Waals surface area contributed by atoms with Gasteiger partial charge in [0.1, 0.15) is 24.4 Å². The van der Waals surface area contributed by atoms with Crippen LogP contribution in [0.3, 0.4) is 0 Å². The van der Waals surface area contributed by atoms with Gasteiger partial charge in [-0.05, 0) is 76.1 Å². The Morgan fingerprint density at radius 3 is 2.43 bits per heavy atom. The highest BCUT2D eigenvalue weighted by Gasteiger charge is 2.33. The molecule has 3 aromatic rings. The van der Waals surface area contributed by atoms with E-state index in [2.05, 4.69) is 31.3 Å². The van der Waals surface area contributed by atoms with Crippen LogP contribution < -0.4 is 21.3 Å². The molecule has 1 aliphatic rings. The van der Waals surface area contributed by atoms with Crippen molar-refractivity contribution in [2.75, 3.05) is 6.54 Å². The number of carbonyl (C=O) groups excluding carboxylic acids is 4. The number of aliphatic carboxylic acids is 1. The van der Waals surface area contributed by atoms with Gasteiger partial charge in [-0.15, -0.1) is 0 Å². The van der Waals surface area contributed by atoms with Gasteiger partial charge in [0, 0.05) is 24.7 Å². The van der Waals surface area contributed by atoms with Crippen molar-refractivity contribution in [2.45, 2.75) is 98.0 Å². The largest absolute Gasteiger partial charge is 0.481 e. The Kier molecular flexibility index (Phi) is 14.0.